The molecule has 1 atom stereocenters. The number of nitrogens with one attached hydrogen (secondary N) is 1. The first kappa shape index (κ1) is 24.4. The number of rotatable bonds is 7. The van der Waals surface area contributed by atoms with Gasteiger partial charge in [0.15, 0.2) is 5.82 Å². The number of piperazine rings is 1. The van der Waals surface area contributed by atoms with Gasteiger partial charge in [0.25, 0.3) is 0 Å². The van der Waals surface area contributed by atoms with E-state index in [0.29, 0.717) is 56.7 Å². The standard InChI is InChI=1S/C23H32N6O4S/c1-17-23(30)27(3)20-8-9-21(25-22(20)29(17)14-15-33-4)24-18-6-5-7-19(16-18)34(31,32)28-12-10-26(2)11-13-28/h5-9,16-17H,10-15H2,1-4H3,(H,24,25)/t17-/m1/s1. The van der Waals surface area contributed by atoms with Crippen LogP contribution in [-0.4, -0.2) is 95.1 Å². The summed E-state index contributed by atoms with van der Waals surface area (Å²) in [5, 5.41) is 3.23. The van der Waals surface area contributed by atoms with Crippen LogP contribution in [0.3, 0.4) is 0 Å². The third-order valence-corrected chi connectivity index (χ3v) is 8.28. The molecular formula is C23H32N6O4S. The highest BCUT2D eigenvalue weighted by atomic mass is 32.2. The molecule has 0 saturated carbocycles. The minimum atomic E-state index is -3.57. The average Bonchev–Trinajstić information content (AvgIpc) is 2.83. The third-order valence-electron chi connectivity index (χ3n) is 6.39. The van der Waals surface area contributed by atoms with Crippen LogP contribution in [0.1, 0.15) is 6.92 Å². The van der Waals surface area contributed by atoms with E-state index in [0.717, 1.165) is 5.69 Å². The van der Waals surface area contributed by atoms with Crippen molar-refractivity contribution >= 4 is 38.9 Å². The summed E-state index contributed by atoms with van der Waals surface area (Å²) in [6.45, 7) is 5.23. The Morgan fingerprint density at radius 2 is 1.85 bits per heavy atom. The summed E-state index contributed by atoms with van der Waals surface area (Å²) in [6.07, 6.45) is 0. The van der Waals surface area contributed by atoms with E-state index in [4.69, 9.17) is 9.72 Å². The van der Waals surface area contributed by atoms with E-state index < -0.39 is 10.0 Å². The fourth-order valence-corrected chi connectivity index (χ4v) is 5.72. The van der Waals surface area contributed by atoms with Crippen LogP contribution in [-0.2, 0) is 19.6 Å². The van der Waals surface area contributed by atoms with Gasteiger partial charge in [0.1, 0.15) is 11.9 Å². The van der Waals surface area contributed by atoms with Gasteiger partial charge in [-0.05, 0) is 44.3 Å². The Hall–Kier alpha value is -2.73. The first-order valence-corrected chi connectivity index (χ1v) is 12.8. The zero-order valence-corrected chi connectivity index (χ0v) is 20.9. The number of amides is 1. The molecule has 34 heavy (non-hydrogen) atoms. The second-order valence-electron chi connectivity index (χ2n) is 8.66. The topological polar surface area (TPSA) is 98.3 Å². The zero-order valence-electron chi connectivity index (χ0n) is 20.1. The predicted octanol–water partition coefficient (Wildman–Crippen LogP) is 1.58. The fraction of sp³-hybridized carbons (Fsp3) is 0.478. The molecule has 11 heteroatoms. The maximum absolute atomic E-state index is 13.1. The molecule has 0 unspecified atom stereocenters. The normalized spacial score (nSPS) is 19.9. The molecule has 10 nitrogen and oxygen atoms in total. The van der Waals surface area contributed by atoms with Crippen molar-refractivity contribution in [1.29, 1.82) is 0 Å². The number of methoxy groups -OCH3 is 1. The van der Waals surface area contributed by atoms with Gasteiger partial charge in [-0.1, -0.05) is 6.07 Å². The highest BCUT2D eigenvalue weighted by Crippen LogP contribution is 2.35. The van der Waals surface area contributed by atoms with E-state index in [1.54, 1.807) is 43.3 Å². The number of benzene rings is 1. The number of hydrogen-bond acceptors (Lipinski definition) is 8. The third kappa shape index (κ3) is 4.74. The highest BCUT2D eigenvalue weighted by Gasteiger charge is 2.34. The van der Waals surface area contributed by atoms with E-state index in [-0.39, 0.29) is 16.8 Å². The van der Waals surface area contributed by atoms with Crippen LogP contribution in [0.5, 0.6) is 0 Å². The summed E-state index contributed by atoms with van der Waals surface area (Å²) < 4.78 is 33.0. The second kappa shape index (κ2) is 9.87. The first-order valence-electron chi connectivity index (χ1n) is 11.3. The lowest BCUT2D eigenvalue weighted by Gasteiger charge is -2.39. The van der Waals surface area contributed by atoms with Crippen LogP contribution in [0.25, 0.3) is 0 Å². The molecule has 0 aliphatic carbocycles. The van der Waals surface area contributed by atoms with Crippen molar-refractivity contribution in [3.8, 4) is 0 Å². The Bertz CT molecular complexity index is 1150. The van der Waals surface area contributed by atoms with Crippen molar-refractivity contribution in [2.24, 2.45) is 0 Å². The molecule has 0 bridgehead atoms. The fourth-order valence-electron chi connectivity index (χ4n) is 4.25. The molecule has 2 aromatic rings. The van der Waals surface area contributed by atoms with Gasteiger partial charge in [0.05, 0.1) is 17.2 Å². The summed E-state index contributed by atoms with van der Waals surface area (Å²) in [5.74, 6) is 1.23. The van der Waals surface area contributed by atoms with Crippen LogP contribution in [0.15, 0.2) is 41.3 Å². The van der Waals surface area contributed by atoms with Crippen LogP contribution >= 0.6 is 0 Å². The number of likely N-dealkylation sites (N-methyl/N-ethyl adjacent to an activating group) is 2. The number of nitrogens with zero attached hydrogens (tertiary/aromatic N) is 5. The molecule has 184 valence electrons. The maximum atomic E-state index is 13.1. The number of hydrogen-bond donors (Lipinski definition) is 1. The van der Waals surface area contributed by atoms with Gasteiger partial charge in [-0.2, -0.15) is 4.31 Å². The molecule has 1 N–H and O–H groups in total. The number of carbonyl (C=O) groups excluding carboxylic acids is 1. The second-order valence-corrected chi connectivity index (χ2v) is 10.6. The Labute approximate surface area is 201 Å². The summed E-state index contributed by atoms with van der Waals surface area (Å²) in [7, 11) is 1.78. The van der Waals surface area contributed by atoms with Crippen molar-refractivity contribution in [3.05, 3.63) is 36.4 Å². The predicted molar refractivity (Wildman–Crippen MR) is 132 cm³/mol. The van der Waals surface area contributed by atoms with E-state index in [1.165, 1.54) is 4.31 Å². The summed E-state index contributed by atoms with van der Waals surface area (Å²) in [6, 6.07) is 10.1. The zero-order chi connectivity index (χ0) is 24.5. The number of anilines is 4. The number of aromatic nitrogens is 1. The van der Waals surface area contributed by atoms with Gasteiger partial charge in [-0.25, -0.2) is 13.4 Å². The van der Waals surface area contributed by atoms with Crippen LogP contribution in [0.2, 0.25) is 0 Å². The van der Waals surface area contributed by atoms with Gasteiger partial charge >= 0.3 is 0 Å². The van der Waals surface area contributed by atoms with Crippen LogP contribution in [0.4, 0.5) is 23.0 Å². The lowest BCUT2D eigenvalue weighted by Crippen LogP contribution is -2.52. The molecule has 2 aliphatic heterocycles. The number of carbonyl (C=O) groups is 1. The minimum absolute atomic E-state index is 0.00655. The lowest BCUT2D eigenvalue weighted by molar-refractivity contribution is -0.119. The molecule has 0 radical (unpaired) electrons. The largest absolute Gasteiger partial charge is 0.383 e. The lowest BCUT2D eigenvalue weighted by atomic mass is 10.1. The molecule has 0 spiro atoms. The number of fused-ring (bicyclic) bond motifs is 1. The molecule has 1 aromatic heterocycles. The molecule has 1 fully saturated rings. The molecule has 1 saturated heterocycles. The van der Waals surface area contributed by atoms with Gasteiger partial charge in [-0.3, -0.25) is 4.79 Å². The van der Waals surface area contributed by atoms with Crippen molar-refractivity contribution in [2.75, 3.05) is 75.7 Å². The van der Waals surface area contributed by atoms with Gasteiger partial charge in [0, 0.05) is 52.6 Å². The quantitative estimate of drug-likeness (QED) is 0.627. The Morgan fingerprint density at radius 1 is 1.12 bits per heavy atom. The Morgan fingerprint density at radius 3 is 2.56 bits per heavy atom. The maximum Gasteiger partial charge on any atom is 0.249 e. The molecule has 2 aliphatic rings. The van der Waals surface area contributed by atoms with Crippen molar-refractivity contribution in [3.63, 3.8) is 0 Å². The van der Waals surface area contributed by atoms with E-state index in [1.807, 2.05) is 31.0 Å². The minimum Gasteiger partial charge on any atom is -0.383 e. The van der Waals surface area contributed by atoms with E-state index in [2.05, 4.69) is 10.2 Å². The van der Waals surface area contributed by atoms with E-state index >= 15 is 0 Å². The smallest absolute Gasteiger partial charge is 0.249 e. The molecule has 3 heterocycles. The van der Waals surface area contributed by atoms with Crippen molar-refractivity contribution in [2.45, 2.75) is 17.9 Å². The first-order chi connectivity index (χ1) is 16.2. The number of sulfonamides is 1. The summed E-state index contributed by atoms with van der Waals surface area (Å²) >= 11 is 0. The number of ether oxygens (including phenoxy) is 1. The monoisotopic (exact) mass is 488 g/mol. The average molecular weight is 489 g/mol. The van der Waals surface area contributed by atoms with Crippen molar-refractivity contribution in [1.82, 2.24) is 14.2 Å². The highest BCUT2D eigenvalue weighted by molar-refractivity contribution is 7.89. The molecule has 1 amide bonds. The summed E-state index contributed by atoms with van der Waals surface area (Å²) in [4.78, 5) is 23.3. The molecule has 1 aromatic carbocycles. The Balaban J connectivity index is 1.59. The van der Waals surface area contributed by atoms with Crippen LogP contribution < -0.4 is 15.1 Å². The van der Waals surface area contributed by atoms with Gasteiger partial charge in [0.2, 0.25) is 15.9 Å². The number of pyridine rings is 1. The SMILES string of the molecule is COCCN1c2nc(Nc3cccc(S(=O)(=O)N4CCN(C)CC4)c3)ccc2N(C)C(=O)[C@H]1C. The van der Waals surface area contributed by atoms with Crippen LogP contribution in [0, 0.1) is 0 Å². The summed E-state index contributed by atoms with van der Waals surface area (Å²) in [5.41, 5.74) is 1.34. The van der Waals surface area contributed by atoms with Gasteiger partial charge < -0.3 is 24.8 Å². The molecule has 4 rings (SSSR count). The van der Waals surface area contributed by atoms with E-state index in [9.17, 15) is 13.2 Å². The van der Waals surface area contributed by atoms with Gasteiger partial charge in [-0.15, -0.1) is 0 Å². The Kier molecular flexibility index (Phi) is 7.08. The van der Waals surface area contributed by atoms with Crippen molar-refractivity contribution < 1.29 is 17.9 Å². The molecular weight excluding hydrogens is 456 g/mol.